The standard InChI is InChI=1S/C22H28N4O3/c23-11-18-3-5-20(6-4-18)28-17-19(27)12-26-15-21-13-25(14-22(16-26)29-21)10-9-24-7-1-2-8-24/h1-8,19,21-22,27H,9-10,12-17H2/t19-,21?,22?/m0/s1. The molecule has 7 heteroatoms. The van der Waals surface area contributed by atoms with Gasteiger partial charge in [-0.25, -0.2) is 0 Å². The van der Waals surface area contributed by atoms with Crippen LogP contribution in [-0.2, 0) is 11.3 Å². The molecule has 1 aromatic carbocycles. The van der Waals surface area contributed by atoms with Crippen molar-refractivity contribution in [3.63, 3.8) is 0 Å². The number of rotatable bonds is 8. The molecule has 29 heavy (non-hydrogen) atoms. The largest absolute Gasteiger partial charge is 0.491 e. The van der Waals surface area contributed by atoms with Crippen molar-refractivity contribution in [2.45, 2.75) is 24.9 Å². The van der Waals surface area contributed by atoms with Crippen molar-refractivity contribution in [1.29, 1.82) is 5.26 Å². The molecule has 3 atom stereocenters. The number of morpholine rings is 2. The summed E-state index contributed by atoms with van der Waals surface area (Å²) in [5, 5.41) is 19.2. The van der Waals surface area contributed by atoms with Gasteiger partial charge in [0.05, 0.1) is 23.8 Å². The molecule has 1 N–H and O–H groups in total. The number of nitrogens with zero attached hydrogens (tertiary/aromatic N) is 4. The molecule has 2 saturated heterocycles. The summed E-state index contributed by atoms with van der Waals surface area (Å²) in [6.45, 7) is 6.40. The van der Waals surface area contributed by atoms with Crippen LogP contribution in [-0.4, -0.2) is 83.7 Å². The van der Waals surface area contributed by atoms with Gasteiger partial charge < -0.3 is 19.1 Å². The van der Waals surface area contributed by atoms with Crippen LogP contribution >= 0.6 is 0 Å². The van der Waals surface area contributed by atoms with E-state index in [-0.39, 0.29) is 18.8 Å². The van der Waals surface area contributed by atoms with Gasteiger partial charge in [0.25, 0.3) is 0 Å². The van der Waals surface area contributed by atoms with E-state index in [1.807, 2.05) is 0 Å². The molecule has 0 aliphatic carbocycles. The number of aromatic nitrogens is 1. The Morgan fingerprint density at radius 3 is 2.34 bits per heavy atom. The lowest BCUT2D eigenvalue weighted by molar-refractivity contribution is -0.143. The predicted molar refractivity (Wildman–Crippen MR) is 109 cm³/mol. The van der Waals surface area contributed by atoms with Crippen LogP contribution in [0.4, 0.5) is 0 Å². The van der Waals surface area contributed by atoms with Crippen LogP contribution < -0.4 is 4.74 Å². The molecule has 0 spiro atoms. The first-order valence-electron chi connectivity index (χ1n) is 10.2. The zero-order valence-corrected chi connectivity index (χ0v) is 16.6. The summed E-state index contributed by atoms with van der Waals surface area (Å²) < 4.78 is 14.0. The maximum Gasteiger partial charge on any atom is 0.119 e. The molecule has 2 aliphatic rings. The first-order valence-corrected chi connectivity index (χ1v) is 10.2. The van der Waals surface area contributed by atoms with Gasteiger partial charge >= 0.3 is 0 Å². The van der Waals surface area contributed by atoms with Crippen LogP contribution in [0.3, 0.4) is 0 Å². The van der Waals surface area contributed by atoms with Crippen molar-refractivity contribution in [2.24, 2.45) is 0 Å². The van der Waals surface area contributed by atoms with E-state index >= 15 is 0 Å². The van der Waals surface area contributed by atoms with Crippen LogP contribution in [0.15, 0.2) is 48.8 Å². The number of ether oxygens (including phenoxy) is 2. The molecular formula is C22H28N4O3. The minimum absolute atomic E-state index is 0.193. The zero-order chi connectivity index (χ0) is 20.1. The molecule has 4 rings (SSSR count). The quantitative estimate of drug-likeness (QED) is 0.723. The number of β-amino-alcohol motifs (C(OH)–C–C–N with tert-alkyl or cyclic N) is 1. The van der Waals surface area contributed by atoms with Crippen molar-refractivity contribution in [2.75, 3.05) is 45.9 Å². The van der Waals surface area contributed by atoms with E-state index in [4.69, 9.17) is 14.7 Å². The highest BCUT2D eigenvalue weighted by molar-refractivity contribution is 5.34. The summed E-state index contributed by atoms with van der Waals surface area (Å²) in [4.78, 5) is 4.77. The van der Waals surface area contributed by atoms with Crippen molar-refractivity contribution in [3.05, 3.63) is 54.4 Å². The van der Waals surface area contributed by atoms with E-state index < -0.39 is 6.10 Å². The van der Waals surface area contributed by atoms with E-state index in [1.54, 1.807) is 24.3 Å². The summed E-state index contributed by atoms with van der Waals surface area (Å²) in [5.41, 5.74) is 0.597. The summed E-state index contributed by atoms with van der Waals surface area (Å²) in [6.07, 6.45) is 4.03. The molecule has 0 radical (unpaired) electrons. The third-order valence-corrected chi connectivity index (χ3v) is 5.47. The molecule has 2 fully saturated rings. The van der Waals surface area contributed by atoms with E-state index in [2.05, 4.69) is 45.0 Å². The molecular weight excluding hydrogens is 368 g/mol. The highest BCUT2D eigenvalue weighted by Crippen LogP contribution is 2.20. The Hall–Kier alpha value is -2.37. The molecule has 2 unspecified atom stereocenters. The number of hydrogen-bond donors (Lipinski definition) is 1. The van der Waals surface area contributed by atoms with E-state index in [0.29, 0.717) is 17.9 Å². The summed E-state index contributed by atoms with van der Waals surface area (Å²) in [6, 6.07) is 13.1. The molecule has 2 bridgehead atoms. The van der Waals surface area contributed by atoms with Crippen molar-refractivity contribution in [1.82, 2.24) is 14.4 Å². The first kappa shape index (κ1) is 19.9. The average molecular weight is 396 g/mol. The van der Waals surface area contributed by atoms with Crippen molar-refractivity contribution in [3.8, 4) is 11.8 Å². The molecule has 0 amide bonds. The number of benzene rings is 1. The van der Waals surface area contributed by atoms with Gasteiger partial charge in [-0.1, -0.05) is 0 Å². The fourth-order valence-corrected chi connectivity index (χ4v) is 4.14. The van der Waals surface area contributed by atoms with Crippen molar-refractivity contribution < 1.29 is 14.6 Å². The highest BCUT2D eigenvalue weighted by atomic mass is 16.5. The molecule has 2 aromatic rings. The number of aliphatic hydroxyl groups is 1. The fourth-order valence-electron chi connectivity index (χ4n) is 4.14. The van der Waals surface area contributed by atoms with Gasteiger partial charge in [-0.15, -0.1) is 0 Å². The summed E-state index contributed by atoms with van der Waals surface area (Å²) in [5.74, 6) is 0.667. The van der Waals surface area contributed by atoms with E-state index in [1.165, 1.54) is 0 Å². The second kappa shape index (κ2) is 9.42. The molecule has 1 aromatic heterocycles. The normalized spacial score (nSPS) is 23.4. The van der Waals surface area contributed by atoms with Gasteiger partial charge in [0, 0.05) is 58.2 Å². The first-order chi connectivity index (χ1) is 14.2. The Bertz CT molecular complexity index is 788. The molecule has 0 saturated carbocycles. The molecule has 7 nitrogen and oxygen atoms in total. The lowest BCUT2D eigenvalue weighted by atomic mass is 10.1. The highest BCUT2D eigenvalue weighted by Gasteiger charge is 2.35. The van der Waals surface area contributed by atoms with Crippen molar-refractivity contribution >= 4 is 0 Å². The van der Waals surface area contributed by atoms with Gasteiger partial charge in [-0.05, 0) is 36.4 Å². The fraction of sp³-hybridized carbons (Fsp3) is 0.500. The molecule has 3 heterocycles. The minimum atomic E-state index is -0.561. The summed E-state index contributed by atoms with van der Waals surface area (Å²) in [7, 11) is 0. The Morgan fingerprint density at radius 1 is 1.03 bits per heavy atom. The Labute approximate surface area is 171 Å². The number of fused-ring (bicyclic) bond motifs is 2. The van der Waals surface area contributed by atoms with Gasteiger partial charge in [0.1, 0.15) is 18.5 Å². The lowest BCUT2D eigenvalue weighted by Gasteiger charge is -2.46. The monoisotopic (exact) mass is 396 g/mol. The second-order valence-electron chi connectivity index (χ2n) is 7.88. The van der Waals surface area contributed by atoms with Gasteiger partial charge in [-0.3, -0.25) is 9.80 Å². The maximum absolute atomic E-state index is 10.4. The molecule has 154 valence electrons. The number of aliphatic hydroxyl groups excluding tert-OH is 1. The third-order valence-electron chi connectivity index (χ3n) is 5.47. The van der Waals surface area contributed by atoms with Gasteiger partial charge in [0.15, 0.2) is 0 Å². The van der Waals surface area contributed by atoms with Crippen LogP contribution in [0.2, 0.25) is 0 Å². The van der Waals surface area contributed by atoms with Crippen LogP contribution in [0.1, 0.15) is 5.56 Å². The van der Waals surface area contributed by atoms with Gasteiger partial charge in [0.2, 0.25) is 0 Å². The number of hydrogen-bond acceptors (Lipinski definition) is 6. The van der Waals surface area contributed by atoms with Crippen LogP contribution in [0.25, 0.3) is 0 Å². The van der Waals surface area contributed by atoms with Crippen LogP contribution in [0, 0.1) is 11.3 Å². The zero-order valence-electron chi connectivity index (χ0n) is 16.6. The smallest absolute Gasteiger partial charge is 0.119 e. The Kier molecular flexibility index (Phi) is 6.47. The Balaban J connectivity index is 1.19. The van der Waals surface area contributed by atoms with Gasteiger partial charge in [-0.2, -0.15) is 5.26 Å². The topological polar surface area (TPSA) is 73.9 Å². The maximum atomic E-state index is 10.4. The predicted octanol–water partition coefficient (Wildman–Crippen LogP) is 1.18. The lowest BCUT2D eigenvalue weighted by Crippen LogP contribution is -2.60. The molecule has 2 aliphatic heterocycles. The van der Waals surface area contributed by atoms with E-state index in [9.17, 15) is 5.11 Å². The SMILES string of the molecule is N#Cc1ccc(OC[C@@H](O)CN2CC3CN(CCn4cccc4)CC(C2)O3)cc1. The Morgan fingerprint density at radius 2 is 1.69 bits per heavy atom. The minimum Gasteiger partial charge on any atom is -0.491 e. The summed E-state index contributed by atoms with van der Waals surface area (Å²) >= 11 is 0. The third kappa shape index (κ3) is 5.58. The van der Waals surface area contributed by atoms with Crippen LogP contribution in [0.5, 0.6) is 5.75 Å². The second-order valence-corrected chi connectivity index (χ2v) is 7.88. The van der Waals surface area contributed by atoms with E-state index in [0.717, 1.165) is 39.3 Å². The average Bonchev–Trinajstić information content (AvgIpc) is 3.24. The number of nitriles is 1.